The molecule has 1 atom stereocenters. The number of halogens is 1. The smallest absolute Gasteiger partial charge is 0.267 e. The summed E-state index contributed by atoms with van der Waals surface area (Å²) in [4.78, 5) is 21.0. The molecule has 3 aromatic heterocycles. The Bertz CT molecular complexity index is 1380. The van der Waals surface area contributed by atoms with E-state index in [2.05, 4.69) is 12.1 Å². The first-order valence-corrected chi connectivity index (χ1v) is 12.9. The van der Waals surface area contributed by atoms with Gasteiger partial charge in [-0.2, -0.15) is 0 Å². The summed E-state index contributed by atoms with van der Waals surface area (Å²) in [6, 6.07) is 5.74. The van der Waals surface area contributed by atoms with Crippen molar-refractivity contribution in [1.82, 2.24) is 14.7 Å². The van der Waals surface area contributed by atoms with Crippen molar-refractivity contribution in [2.24, 2.45) is 5.92 Å². The van der Waals surface area contributed by atoms with E-state index in [0.29, 0.717) is 21.8 Å². The lowest BCUT2D eigenvalue weighted by Crippen LogP contribution is -2.22. The summed E-state index contributed by atoms with van der Waals surface area (Å²) < 4.78 is 7.04. The Hall–Kier alpha value is -2.09. The van der Waals surface area contributed by atoms with Gasteiger partial charge in [0.05, 0.1) is 16.8 Å². The molecule has 4 aromatic rings. The molecule has 0 radical (unpaired) electrons. The van der Waals surface area contributed by atoms with Gasteiger partial charge in [0.15, 0.2) is 5.16 Å². The fraction of sp³-hybridized carbons (Fsp3) is 0.375. The number of hydrogen-bond acceptors (Lipinski definition) is 6. The van der Waals surface area contributed by atoms with E-state index in [0.717, 1.165) is 57.7 Å². The second-order valence-corrected chi connectivity index (χ2v) is 11.0. The van der Waals surface area contributed by atoms with E-state index in [-0.39, 0.29) is 5.56 Å². The third kappa shape index (κ3) is 3.70. The summed E-state index contributed by atoms with van der Waals surface area (Å²) in [6.45, 7) is 8.08. The lowest BCUT2D eigenvalue weighted by atomic mass is 9.89. The minimum atomic E-state index is -0.0109. The average molecular weight is 486 g/mol. The molecule has 166 valence electrons. The number of rotatable bonds is 4. The first-order valence-electron chi connectivity index (χ1n) is 10.7. The second kappa shape index (κ2) is 8.36. The lowest BCUT2D eigenvalue weighted by Gasteiger charge is -2.18. The summed E-state index contributed by atoms with van der Waals surface area (Å²) in [7, 11) is 0. The Balaban J connectivity index is 1.70. The van der Waals surface area contributed by atoms with Crippen LogP contribution in [0.15, 0.2) is 32.7 Å². The molecule has 3 heterocycles. The largest absolute Gasteiger partial charge is 0.361 e. The van der Waals surface area contributed by atoms with Gasteiger partial charge in [-0.3, -0.25) is 9.36 Å². The fourth-order valence-electron chi connectivity index (χ4n) is 4.26. The molecule has 0 amide bonds. The van der Waals surface area contributed by atoms with Crippen molar-refractivity contribution < 1.29 is 4.52 Å². The molecule has 0 saturated heterocycles. The van der Waals surface area contributed by atoms with Crippen molar-refractivity contribution in [2.45, 2.75) is 57.9 Å². The van der Waals surface area contributed by atoms with Crippen LogP contribution in [-0.4, -0.2) is 14.7 Å². The highest BCUT2D eigenvalue weighted by atomic mass is 35.5. The highest BCUT2D eigenvalue weighted by molar-refractivity contribution is 7.98. The normalized spacial score (nSPS) is 16.0. The van der Waals surface area contributed by atoms with Crippen LogP contribution in [0.3, 0.4) is 0 Å². The number of benzene rings is 1. The number of aromatic nitrogens is 3. The molecule has 0 fully saturated rings. The van der Waals surface area contributed by atoms with Gasteiger partial charge < -0.3 is 4.52 Å². The number of hydrogen-bond donors (Lipinski definition) is 0. The molecule has 0 saturated carbocycles. The van der Waals surface area contributed by atoms with Crippen molar-refractivity contribution in [2.75, 3.05) is 0 Å². The number of thioether (sulfide) groups is 1. The molecule has 1 aromatic carbocycles. The van der Waals surface area contributed by atoms with Crippen molar-refractivity contribution in [1.29, 1.82) is 0 Å². The molecule has 0 aliphatic heterocycles. The standard InChI is InChI=1S/C24H24ClN3O2S2/c1-12-5-8-17-20(9-12)32-22-21(17)23(29)28(16-7-6-13(2)19(25)10-16)24(26-22)31-11-18-14(3)27-30-15(18)4/h6-7,10,12H,5,8-9,11H2,1-4H3/t12-/m1/s1. The van der Waals surface area contributed by atoms with E-state index < -0.39 is 0 Å². The third-order valence-corrected chi connectivity index (χ3v) is 8.76. The van der Waals surface area contributed by atoms with Crippen molar-refractivity contribution >= 4 is 44.9 Å². The maximum absolute atomic E-state index is 13.9. The van der Waals surface area contributed by atoms with Gasteiger partial charge in [0.1, 0.15) is 10.6 Å². The van der Waals surface area contributed by atoms with Crippen molar-refractivity contribution in [3.63, 3.8) is 0 Å². The van der Waals surface area contributed by atoms with E-state index in [4.69, 9.17) is 21.1 Å². The number of nitrogens with zero attached hydrogens (tertiary/aromatic N) is 3. The monoisotopic (exact) mass is 485 g/mol. The zero-order chi connectivity index (χ0) is 22.6. The van der Waals surface area contributed by atoms with Crippen molar-refractivity contribution in [3.05, 3.63) is 66.6 Å². The Labute approximate surface area is 199 Å². The van der Waals surface area contributed by atoms with E-state index in [1.165, 1.54) is 22.2 Å². The van der Waals surface area contributed by atoms with Crippen LogP contribution < -0.4 is 5.56 Å². The van der Waals surface area contributed by atoms with Crippen molar-refractivity contribution in [3.8, 4) is 5.69 Å². The minimum Gasteiger partial charge on any atom is -0.361 e. The molecule has 5 nitrogen and oxygen atoms in total. The highest BCUT2D eigenvalue weighted by Crippen LogP contribution is 2.37. The Morgan fingerprint density at radius 1 is 1.31 bits per heavy atom. The number of thiophene rings is 1. The van der Waals surface area contributed by atoms with Gasteiger partial charge >= 0.3 is 0 Å². The van der Waals surface area contributed by atoms with Crippen LogP contribution in [0.2, 0.25) is 5.02 Å². The average Bonchev–Trinajstić information content (AvgIpc) is 3.27. The van der Waals surface area contributed by atoms with Crippen LogP contribution in [0.4, 0.5) is 0 Å². The topological polar surface area (TPSA) is 60.9 Å². The fourth-order valence-corrected chi connectivity index (χ4v) is 7.03. The Kier molecular flexibility index (Phi) is 5.68. The lowest BCUT2D eigenvalue weighted by molar-refractivity contribution is 0.392. The summed E-state index contributed by atoms with van der Waals surface area (Å²) in [5.41, 5.74) is 4.80. The highest BCUT2D eigenvalue weighted by Gasteiger charge is 2.25. The summed E-state index contributed by atoms with van der Waals surface area (Å²) in [5.74, 6) is 2.06. The molecular weight excluding hydrogens is 462 g/mol. The first-order chi connectivity index (χ1) is 15.3. The van der Waals surface area contributed by atoms with Crippen LogP contribution in [0.25, 0.3) is 15.9 Å². The first kappa shape index (κ1) is 21.7. The maximum atomic E-state index is 13.9. The van der Waals surface area contributed by atoms with Crippen LogP contribution in [0.1, 0.15) is 46.4 Å². The van der Waals surface area contributed by atoms with Crippen LogP contribution in [-0.2, 0) is 18.6 Å². The van der Waals surface area contributed by atoms with E-state index in [1.54, 1.807) is 15.9 Å². The van der Waals surface area contributed by atoms with Gasteiger partial charge in [-0.1, -0.05) is 41.5 Å². The number of aryl methyl sites for hydroxylation is 4. The number of fused-ring (bicyclic) bond motifs is 3. The molecular formula is C24H24ClN3O2S2. The van der Waals surface area contributed by atoms with Gasteiger partial charge in [0, 0.05) is 21.2 Å². The summed E-state index contributed by atoms with van der Waals surface area (Å²) >= 11 is 9.64. The molecule has 0 spiro atoms. The minimum absolute atomic E-state index is 0.0109. The molecule has 5 rings (SSSR count). The molecule has 1 aliphatic rings. The molecule has 8 heteroatoms. The van der Waals surface area contributed by atoms with Gasteiger partial charge in [0.2, 0.25) is 0 Å². The zero-order valence-corrected chi connectivity index (χ0v) is 20.9. The molecule has 0 unspecified atom stereocenters. The summed E-state index contributed by atoms with van der Waals surface area (Å²) in [6.07, 6.45) is 3.07. The zero-order valence-electron chi connectivity index (χ0n) is 18.5. The molecule has 0 N–H and O–H groups in total. The molecule has 0 bridgehead atoms. The van der Waals surface area contributed by atoms with Crippen LogP contribution in [0, 0.1) is 26.7 Å². The molecule has 1 aliphatic carbocycles. The van der Waals surface area contributed by atoms with Gasteiger partial charge in [-0.25, -0.2) is 4.98 Å². The van der Waals surface area contributed by atoms with E-state index in [9.17, 15) is 4.79 Å². The van der Waals surface area contributed by atoms with Crippen LogP contribution in [0.5, 0.6) is 0 Å². The maximum Gasteiger partial charge on any atom is 0.267 e. The second-order valence-electron chi connectivity index (χ2n) is 8.59. The quantitative estimate of drug-likeness (QED) is 0.246. The summed E-state index contributed by atoms with van der Waals surface area (Å²) in [5, 5.41) is 6.13. The Morgan fingerprint density at radius 2 is 2.12 bits per heavy atom. The van der Waals surface area contributed by atoms with Crippen LogP contribution >= 0.6 is 34.7 Å². The SMILES string of the molecule is Cc1ccc(-n2c(SCc3c(C)noc3C)nc3sc4c(c3c2=O)CC[C@@H](C)C4)cc1Cl. The predicted octanol–water partition coefficient (Wildman–Crippen LogP) is 6.43. The third-order valence-electron chi connectivity index (χ3n) is 6.24. The van der Waals surface area contributed by atoms with E-state index >= 15 is 0 Å². The van der Waals surface area contributed by atoms with Gasteiger partial charge in [-0.05, 0) is 69.2 Å². The Morgan fingerprint density at radius 3 is 2.84 bits per heavy atom. The van der Waals surface area contributed by atoms with E-state index in [1.807, 2.05) is 39.0 Å². The van der Waals surface area contributed by atoms with Gasteiger partial charge in [-0.15, -0.1) is 11.3 Å². The predicted molar refractivity (Wildman–Crippen MR) is 132 cm³/mol. The molecule has 32 heavy (non-hydrogen) atoms. The van der Waals surface area contributed by atoms with Gasteiger partial charge in [0.25, 0.3) is 5.56 Å².